The van der Waals surface area contributed by atoms with E-state index in [1.54, 1.807) is 0 Å². The van der Waals surface area contributed by atoms with Crippen LogP contribution >= 0.6 is 0 Å². The molecule has 158 valence electrons. The number of ether oxygens (including phenoxy) is 2. The second kappa shape index (κ2) is 7.38. The van der Waals surface area contributed by atoms with Crippen molar-refractivity contribution in [1.29, 1.82) is 0 Å². The maximum absolute atomic E-state index is 15.1. The van der Waals surface area contributed by atoms with Crippen LogP contribution in [0, 0.1) is 11.7 Å². The summed E-state index contributed by atoms with van der Waals surface area (Å²) in [5.74, 6) is -1.17. The van der Waals surface area contributed by atoms with E-state index in [9.17, 15) is 18.4 Å². The molecule has 2 heterocycles. The molecule has 1 saturated carbocycles. The van der Waals surface area contributed by atoms with Gasteiger partial charge in [-0.2, -0.15) is 8.78 Å². The lowest BCUT2D eigenvalue weighted by molar-refractivity contribution is -0.165. The molecule has 0 spiro atoms. The van der Waals surface area contributed by atoms with Gasteiger partial charge < -0.3 is 20.1 Å². The van der Waals surface area contributed by atoms with Gasteiger partial charge >= 0.3 is 12.3 Å². The van der Waals surface area contributed by atoms with E-state index in [-0.39, 0.29) is 48.0 Å². The van der Waals surface area contributed by atoms with E-state index in [0.29, 0.717) is 0 Å². The average molecular weight is 414 g/mol. The standard InChI is InChI=1S/C18H21F3N4O4/c1-28-15-13-10(16(26)23-18(27)25(13)9-2-3-9)4-11(19)14(15)24-6-8(5-22)12(7-24)29-17(20)21/h4,8-9,12,17H,2-3,5-7,22H2,1H3,(H,23,26,27). The van der Waals surface area contributed by atoms with Crippen molar-refractivity contribution in [3.8, 4) is 5.75 Å². The predicted molar refractivity (Wildman–Crippen MR) is 99.2 cm³/mol. The topological polar surface area (TPSA) is 103 Å². The van der Waals surface area contributed by atoms with E-state index in [0.717, 1.165) is 18.9 Å². The number of rotatable bonds is 6. The minimum Gasteiger partial charge on any atom is -0.492 e. The van der Waals surface area contributed by atoms with Gasteiger partial charge in [0.25, 0.3) is 5.56 Å². The fourth-order valence-corrected chi connectivity index (χ4v) is 4.05. The molecule has 11 heteroatoms. The molecule has 2 aromatic rings. The molecule has 1 aliphatic carbocycles. The number of anilines is 1. The van der Waals surface area contributed by atoms with Crippen molar-refractivity contribution in [1.82, 2.24) is 9.55 Å². The zero-order valence-electron chi connectivity index (χ0n) is 15.7. The summed E-state index contributed by atoms with van der Waals surface area (Å²) in [5.41, 5.74) is 4.57. The Morgan fingerprint density at radius 1 is 1.31 bits per heavy atom. The first-order valence-corrected chi connectivity index (χ1v) is 9.29. The maximum atomic E-state index is 15.1. The second-order valence-corrected chi connectivity index (χ2v) is 7.33. The Balaban J connectivity index is 1.89. The molecule has 2 fully saturated rings. The van der Waals surface area contributed by atoms with Crippen molar-refractivity contribution < 1.29 is 22.6 Å². The van der Waals surface area contributed by atoms with E-state index in [4.69, 9.17) is 10.5 Å². The molecule has 4 rings (SSSR count). The number of aromatic amines is 1. The number of nitrogens with two attached hydrogens (primary N) is 1. The van der Waals surface area contributed by atoms with Gasteiger partial charge in [0.2, 0.25) is 0 Å². The molecule has 1 aliphatic heterocycles. The number of nitrogens with one attached hydrogen (secondary N) is 1. The van der Waals surface area contributed by atoms with Crippen LogP contribution in [0.15, 0.2) is 15.7 Å². The van der Waals surface area contributed by atoms with E-state index in [2.05, 4.69) is 9.72 Å². The number of methoxy groups -OCH3 is 1. The highest BCUT2D eigenvalue weighted by Gasteiger charge is 2.38. The van der Waals surface area contributed by atoms with Gasteiger partial charge in [0.05, 0.1) is 18.6 Å². The second-order valence-electron chi connectivity index (χ2n) is 7.33. The largest absolute Gasteiger partial charge is 0.492 e. The number of fused-ring (bicyclic) bond motifs is 1. The highest BCUT2D eigenvalue weighted by molar-refractivity contribution is 5.91. The van der Waals surface area contributed by atoms with Crippen molar-refractivity contribution >= 4 is 16.6 Å². The summed E-state index contributed by atoms with van der Waals surface area (Å²) in [4.78, 5) is 28.4. The lowest BCUT2D eigenvalue weighted by Gasteiger charge is -2.24. The van der Waals surface area contributed by atoms with Gasteiger partial charge in [0.15, 0.2) is 11.6 Å². The third kappa shape index (κ3) is 3.38. The van der Waals surface area contributed by atoms with Crippen molar-refractivity contribution in [2.24, 2.45) is 11.7 Å². The molecule has 0 amide bonds. The fourth-order valence-electron chi connectivity index (χ4n) is 4.05. The molecule has 1 aromatic heterocycles. The van der Waals surface area contributed by atoms with Gasteiger partial charge in [-0.05, 0) is 25.5 Å². The molecule has 8 nitrogen and oxygen atoms in total. The van der Waals surface area contributed by atoms with Crippen LogP contribution in [-0.4, -0.2) is 49.0 Å². The van der Waals surface area contributed by atoms with Crippen LogP contribution in [0.4, 0.5) is 18.9 Å². The Morgan fingerprint density at radius 3 is 2.62 bits per heavy atom. The van der Waals surface area contributed by atoms with Gasteiger partial charge in [-0.3, -0.25) is 14.3 Å². The van der Waals surface area contributed by atoms with Crippen LogP contribution in [-0.2, 0) is 4.74 Å². The normalized spacial score (nSPS) is 22.1. The summed E-state index contributed by atoms with van der Waals surface area (Å²) >= 11 is 0. The minimum absolute atomic E-state index is 0.00165. The number of nitrogens with zero attached hydrogens (tertiary/aromatic N) is 2. The van der Waals surface area contributed by atoms with Gasteiger partial charge in [-0.15, -0.1) is 0 Å². The molecule has 3 N–H and O–H groups in total. The van der Waals surface area contributed by atoms with E-state index < -0.39 is 35.7 Å². The van der Waals surface area contributed by atoms with Crippen LogP contribution < -0.4 is 26.6 Å². The molecular weight excluding hydrogens is 393 g/mol. The Kier molecular flexibility index (Phi) is 5.03. The Hall–Kier alpha value is -2.53. The summed E-state index contributed by atoms with van der Waals surface area (Å²) in [5, 5.41) is -0.00967. The van der Waals surface area contributed by atoms with Crippen LogP contribution in [0.3, 0.4) is 0 Å². The first-order valence-electron chi connectivity index (χ1n) is 9.29. The van der Waals surface area contributed by atoms with Crippen LogP contribution in [0.2, 0.25) is 0 Å². The number of alkyl halides is 2. The highest BCUT2D eigenvalue weighted by Crippen LogP contribution is 2.43. The van der Waals surface area contributed by atoms with Gasteiger partial charge in [0, 0.05) is 25.0 Å². The molecule has 29 heavy (non-hydrogen) atoms. The Bertz CT molecular complexity index is 1050. The van der Waals surface area contributed by atoms with Gasteiger partial charge in [-0.1, -0.05) is 0 Å². The molecule has 0 radical (unpaired) electrons. The van der Waals surface area contributed by atoms with Crippen molar-refractivity contribution in [3.63, 3.8) is 0 Å². The monoisotopic (exact) mass is 414 g/mol. The van der Waals surface area contributed by atoms with Crippen LogP contribution in [0.1, 0.15) is 18.9 Å². The number of hydrogen-bond donors (Lipinski definition) is 2. The number of benzene rings is 1. The molecule has 2 unspecified atom stereocenters. The van der Waals surface area contributed by atoms with E-state index in [1.807, 2.05) is 0 Å². The highest BCUT2D eigenvalue weighted by atomic mass is 19.3. The summed E-state index contributed by atoms with van der Waals surface area (Å²) in [6, 6.07) is 0.933. The number of H-pyrrole nitrogens is 1. The molecule has 1 saturated heterocycles. The number of aromatic nitrogens is 2. The summed E-state index contributed by atoms with van der Waals surface area (Å²) in [7, 11) is 1.31. The minimum atomic E-state index is -2.98. The molecule has 2 atom stereocenters. The SMILES string of the molecule is COc1c(N2CC(CN)C(OC(F)F)C2)c(F)cc2c(=O)[nH]c(=O)n(C3CC3)c12. The van der Waals surface area contributed by atoms with E-state index in [1.165, 1.54) is 16.6 Å². The first-order chi connectivity index (χ1) is 13.8. The lowest BCUT2D eigenvalue weighted by atomic mass is 10.1. The molecular formula is C18H21F3N4O4. The molecule has 1 aromatic carbocycles. The molecule has 2 aliphatic rings. The number of halogens is 3. The van der Waals surface area contributed by atoms with Crippen LogP contribution in [0.25, 0.3) is 10.9 Å². The zero-order valence-corrected chi connectivity index (χ0v) is 15.7. The lowest BCUT2D eigenvalue weighted by Crippen LogP contribution is -2.31. The third-order valence-electron chi connectivity index (χ3n) is 5.50. The van der Waals surface area contributed by atoms with Crippen molar-refractivity contribution in [3.05, 3.63) is 32.7 Å². The number of hydrogen-bond acceptors (Lipinski definition) is 6. The quantitative estimate of drug-likeness (QED) is 0.736. The third-order valence-corrected chi connectivity index (χ3v) is 5.50. The summed E-state index contributed by atoms with van der Waals surface area (Å²) < 4.78 is 52.1. The fraction of sp³-hybridized carbons (Fsp3) is 0.556. The Labute approximate surface area is 163 Å². The van der Waals surface area contributed by atoms with Gasteiger partial charge in [0.1, 0.15) is 11.2 Å². The predicted octanol–water partition coefficient (Wildman–Crippen LogP) is 1.18. The van der Waals surface area contributed by atoms with E-state index >= 15 is 4.39 Å². The molecule has 0 bridgehead atoms. The van der Waals surface area contributed by atoms with Crippen molar-refractivity contribution in [2.75, 3.05) is 31.6 Å². The smallest absolute Gasteiger partial charge is 0.345 e. The van der Waals surface area contributed by atoms with Gasteiger partial charge in [-0.25, -0.2) is 9.18 Å². The van der Waals surface area contributed by atoms with Crippen molar-refractivity contribution in [2.45, 2.75) is 31.6 Å². The first kappa shape index (κ1) is 19.8. The summed E-state index contributed by atoms with van der Waals surface area (Å²) in [6.45, 7) is -2.75. The average Bonchev–Trinajstić information content (AvgIpc) is 3.41. The zero-order chi connectivity index (χ0) is 20.9. The maximum Gasteiger partial charge on any atom is 0.345 e. The Morgan fingerprint density at radius 2 is 2.03 bits per heavy atom. The summed E-state index contributed by atoms with van der Waals surface area (Å²) in [6.07, 6.45) is 0.616. The van der Waals surface area contributed by atoms with Crippen LogP contribution in [0.5, 0.6) is 5.75 Å².